The first-order valence-corrected chi connectivity index (χ1v) is 5.55. The van der Waals surface area contributed by atoms with E-state index in [0.29, 0.717) is 18.4 Å². The van der Waals surface area contributed by atoms with Crippen LogP contribution in [-0.4, -0.2) is 20.4 Å². The van der Waals surface area contributed by atoms with E-state index >= 15 is 0 Å². The highest BCUT2D eigenvalue weighted by Gasteiger charge is 2.25. The number of allylic oxidation sites excluding steroid dienone is 2. The van der Waals surface area contributed by atoms with Gasteiger partial charge in [-0.2, -0.15) is 0 Å². The van der Waals surface area contributed by atoms with Crippen molar-refractivity contribution in [2.45, 2.75) is 27.7 Å². The lowest BCUT2D eigenvalue weighted by molar-refractivity contribution is -0.138. The number of hydrogen-bond acceptors (Lipinski definition) is 2. The van der Waals surface area contributed by atoms with Crippen molar-refractivity contribution in [1.82, 2.24) is 0 Å². The molecule has 0 aromatic rings. The maximum absolute atomic E-state index is 11.8. The van der Waals surface area contributed by atoms with Gasteiger partial charge >= 0.3 is 5.97 Å². The molecule has 1 rings (SSSR count). The first-order chi connectivity index (χ1) is 6.99. The van der Waals surface area contributed by atoms with E-state index in [1.165, 1.54) is 0 Å². The molecule has 0 N–H and O–H groups in total. The van der Waals surface area contributed by atoms with Crippen molar-refractivity contribution >= 4 is 13.8 Å². The van der Waals surface area contributed by atoms with Crippen molar-refractivity contribution in [1.29, 1.82) is 0 Å². The lowest BCUT2D eigenvalue weighted by atomic mass is 9.70. The minimum Gasteiger partial charge on any atom is -0.462 e. The van der Waals surface area contributed by atoms with Crippen molar-refractivity contribution in [3.05, 3.63) is 22.7 Å². The Hall–Kier alpha value is -0.985. The molecule has 0 saturated heterocycles. The highest BCUT2D eigenvalue weighted by molar-refractivity contribution is 6.25. The molecule has 2 nitrogen and oxygen atoms in total. The molecule has 0 amide bonds. The van der Waals surface area contributed by atoms with Crippen molar-refractivity contribution in [3.63, 3.8) is 0 Å². The Balaban J connectivity index is 3.04. The fourth-order valence-electron chi connectivity index (χ4n) is 2.08. The second kappa shape index (κ2) is 4.69. The highest BCUT2D eigenvalue weighted by Crippen LogP contribution is 2.32. The Kier molecular flexibility index (Phi) is 3.78. The van der Waals surface area contributed by atoms with Crippen molar-refractivity contribution in [2.24, 2.45) is 11.8 Å². The first-order valence-electron chi connectivity index (χ1n) is 5.55. The molecule has 82 valence electrons. The van der Waals surface area contributed by atoms with Gasteiger partial charge in [0.05, 0.1) is 12.2 Å². The van der Waals surface area contributed by atoms with Crippen LogP contribution in [0.5, 0.6) is 0 Å². The van der Waals surface area contributed by atoms with Gasteiger partial charge in [0.25, 0.3) is 0 Å². The molecule has 0 aromatic heterocycles. The van der Waals surface area contributed by atoms with E-state index < -0.39 is 0 Å². The van der Waals surface area contributed by atoms with E-state index in [9.17, 15) is 4.79 Å². The molecule has 0 bridgehead atoms. The second-order valence-corrected chi connectivity index (χ2v) is 4.28. The maximum Gasteiger partial charge on any atom is 0.337 e. The third-order valence-corrected chi connectivity index (χ3v) is 3.25. The average molecular weight is 206 g/mol. The monoisotopic (exact) mass is 206 g/mol. The average Bonchev–Trinajstić information content (AvgIpc) is 2.15. The quantitative estimate of drug-likeness (QED) is 0.507. The summed E-state index contributed by atoms with van der Waals surface area (Å²) in [5.41, 5.74) is 2.99. The van der Waals surface area contributed by atoms with Crippen LogP contribution in [0.1, 0.15) is 27.7 Å². The van der Waals surface area contributed by atoms with Crippen LogP contribution in [0.15, 0.2) is 22.7 Å². The van der Waals surface area contributed by atoms with Gasteiger partial charge in [-0.3, -0.25) is 0 Å². The second-order valence-electron chi connectivity index (χ2n) is 4.28. The number of rotatable bonds is 2. The summed E-state index contributed by atoms with van der Waals surface area (Å²) in [6.45, 7) is 8.59. The molecule has 0 saturated carbocycles. The number of carbonyl (C=O) groups excluding carboxylic acids is 1. The normalized spacial score (nSPS) is 26.3. The molecule has 1 aliphatic carbocycles. The van der Waals surface area contributed by atoms with Gasteiger partial charge in [0.2, 0.25) is 0 Å². The molecule has 0 radical (unpaired) electrons. The van der Waals surface area contributed by atoms with Gasteiger partial charge in [-0.1, -0.05) is 25.4 Å². The van der Waals surface area contributed by atoms with Gasteiger partial charge in [-0.25, -0.2) is 4.79 Å². The summed E-state index contributed by atoms with van der Waals surface area (Å²) in [5.74, 6) is 0.749. The van der Waals surface area contributed by atoms with Gasteiger partial charge < -0.3 is 4.74 Å². The van der Waals surface area contributed by atoms with Crippen molar-refractivity contribution in [2.75, 3.05) is 6.61 Å². The van der Waals surface area contributed by atoms with Crippen LogP contribution in [-0.2, 0) is 9.53 Å². The molecular formula is C12H19BO2. The van der Waals surface area contributed by atoms with Crippen molar-refractivity contribution in [3.8, 4) is 0 Å². The van der Waals surface area contributed by atoms with Crippen LogP contribution in [0, 0.1) is 11.8 Å². The topological polar surface area (TPSA) is 26.3 Å². The number of ether oxygens (including phenoxy) is 1. The fraction of sp³-hybridized carbons (Fsp3) is 0.583. The Morgan fingerprint density at radius 2 is 2.13 bits per heavy atom. The third-order valence-electron chi connectivity index (χ3n) is 3.25. The predicted molar refractivity (Wildman–Crippen MR) is 64.3 cm³/mol. The van der Waals surface area contributed by atoms with E-state index in [0.717, 1.165) is 16.6 Å². The SMILES string of the molecule is BC1=C(C(=O)OCC)C(C)=CC(C)C1C. The lowest BCUT2D eigenvalue weighted by Crippen LogP contribution is -2.22. The van der Waals surface area contributed by atoms with Gasteiger partial charge in [-0.15, -0.1) is 0 Å². The van der Waals surface area contributed by atoms with Gasteiger partial charge in [-0.05, 0) is 31.3 Å². The molecule has 15 heavy (non-hydrogen) atoms. The van der Waals surface area contributed by atoms with Crippen LogP contribution >= 0.6 is 0 Å². The molecule has 0 fully saturated rings. The van der Waals surface area contributed by atoms with Crippen LogP contribution < -0.4 is 0 Å². The molecule has 0 spiro atoms. The van der Waals surface area contributed by atoms with Crippen LogP contribution in [0.3, 0.4) is 0 Å². The van der Waals surface area contributed by atoms with E-state index in [1.807, 2.05) is 21.7 Å². The fourth-order valence-corrected chi connectivity index (χ4v) is 2.08. The molecule has 0 aliphatic heterocycles. The van der Waals surface area contributed by atoms with Gasteiger partial charge in [0.15, 0.2) is 0 Å². The molecule has 2 atom stereocenters. The molecule has 2 unspecified atom stereocenters. The van der Waals surface area contributed by atoms with Crippen molar-refractivity contribution < 1.29 is 9.53 Å². The van der Waals surface area contributed by atoms with E-state index in [-0.39, 0.29) is 5.97 Å². The van der Waals surface area contributed by atoms with Gasteiger partial charge in [0.1, 0.15) is 7.85 Å². The molecule has 0 heterocycles. The summed E-state index contributed by atoms with van der Waals surface area (Å²) < 4.78 is 5.07. The zero-order valence-corrected chi connectivity index (χ0v) is 10.3. The predicted octanol–water partition coefficient (Wildman–Crippen LogP) is 1.67. The molecule has 1 aliphatic rings. The highest BCUT2D eigenvalue weighted by atomic mass is 16.5. The number of esters is 1. The van der Waals surface area contributed by atoms with E-state index in [1.54, 1.807) is 0 Å². The summed E-state index contributed by atoms with van der Waals surface area (Å²) in [7, 11) is 2.03. The van der Waals surface area contributed by atoms with Crippen LogP contribution in [0.2, 0.25) is 0 Å². The zero-order valence-electron chi connectivity index (χ0n) is 10.3. The number of hydrogen-bond donors (Lipinski definition) is 0. The summed E-state index contributed by atoms with van der Waals surface area (Å²) in [6.07, 6.45) is 2.16. The third kappa shape index (κ3) is 2.33. The summed E-state index contributed by atoms with van der Waals surface area (Å²) >= 11 is 0. The Morgan fingerprint density at radius 1 is 1.53 bits per heavy atom. The molecule has 3 heteroatoms. The Morgan fingerprint density at radius 3 is 2.67 bits per heavy atom. The summed E-state index contributed by atoms with van der Waals surface area (Å²) in [4.78, 5) is 11.8. The molecular weight excluding hydrogens is 187 g/mol. The smallest absolute Gasteiger partial charge is 0.337 e. The Bertz CT molecular complexity index is 329. The first kappa shape index (κ1) is 12.1. The minimum atomic E-state index is -0.178. The molecule has 0 aromatic carbocycles. The maximum atomic E-state index is 11.8. The summed E-state index contributed by atoms with van der Waals surface area (Å²) in [6, 6.07) is 0. The largest absolute Gasteiger partial charge is 0.462 e. The number of carbonyl (C=O) groups is 1. The van der Waals surface area contributed by atoms with Crippen LogP contribution in [0.25, 0.3) is 0 Å². The standard InChI is InChI=1S/C12H19BO2/c1-5-15-12(14)10-8(3)6-7(2)9(4)11(10)13/h6-7,9H,5,13H2,1-4H3. The zero-order chi connectivity index (χ0) is 11.6. The Labute approximate surface area is 92.8 Å². The van der Waals surface area contributed by atoms with Gasteiger partial charge in [0, 0.05) is 0 Å². The van der Waals surface area contributed by atoms with E-state index in [4.69, 9.17) is 4.74 Å². The van der Waals surface area contributed by atoms with Crippen LogP contribution in [0.4, 0.5) is 0 Å². The van der Waals surface area contributed by atoms with E-state index in [2.05, 4.69) is 19.9 Å². The minimum absolute atomic E-state index is 0.178. The summed E-state index contributed by atoms with van der Waals surface area (Å²) in [5, 5.41) is 0. The lowest BCUT2D eigenvalue weighted by Gasteiger charge is -2.27.